The molecule has 0 fully saturated rings. The Morgan fingerprint density at radius 3 is 2.33 bits per heavy atom. The first kappa shape index (κ1) is 12.2. The minimum Gasteiger partial charge on any atom is -0.492 e. The van der Waals surface area contributed by atoms with Crippen molar-refractivity contribution >= 4 is 0 Å². The maximum atomic E-state index is 8.68. The zero-order valence-electron chi connectivity index (χ0n) is 9.91. The first-order valence-corrected chi connectivity index (χ1v) is 5.73. The van der Waals surface area contributed by atoms with Crippen molar-refractivity contribution in [1.82, 2.24) is 0 Å². The van der Waals surface area contributed by atoms with Gasteiger partial charge < -0.3 is 10.5 Å². The fourth-order valence-electron chi connectivity index (χ4n) is 1.61. The summed E-state index contributed by atoms with van der Waals surface area (Å²) in [6, 6.07) is 18.7. The van der Waals surface area contributed by atoms with E-state index in [1.54, 1.807) is 24.3 Å². The summed E-state index contributed by atoms with van der Waals surface area (Å²) in [6.45, 7) is 0.413. The molecule has 2 rings (SSSR count). The van der Waals surface area contributed by atoms with Crippen LogP contribution in [0, 0.1) is 11.3 Å². The molecule has 0 saturated carbocycles. The molecule has 2 aromatic carbocycles. The number of nitrogens with two attached hydrogens (primary N) is 1. The van der Waals surface area contributed by atoms with Crippen LogP contribution < -0.4 is 10.5 Å². The van der Waals surface area contributed by atoms with Crippen LogP contribution in [0.4, 0.5) is 0 Å². The molecule has 0 aliphatic rings. The van der Waals surface area contributed by atoms with Gasteiger partial charge in [-0.15, -0.1) is 0 Å². The summed E-state index contributed by atoms with van der Waals surface area (Å²) in [6.07, 6.45) is 0. The van der Waals surface area contributed by atoms with Gasteiger partial charge in [0.05, 0.1) is 17.7 Å². The number of ether oxygens (including phenoxy) is 1. The van der Waals surface area contributed by atoms with Gasteiger partial charge in [-0.25, -0.2) is 0 Å². The molecule has 0 amide bonds. The van der Waals surface area contributed by atoms with Crippen LogP contribution in [0.3, 0.4) is 0 Å². The second kappa shape index (κ2) is 5.85. The molecular formula is C15H14N2O. The van der Waals surface area contributed by atoms with Gasteiger partial charge in [-0.3, -0.25) is 0 Å². The van der Waals surface area contributed by atoms with Crippen LogP contribution in [-0.4, -0.2) is 6.61 Å². The second-order valence-corrected chi connectivity index (χ2v) is 3.96. The van der Waals surface area contributed by atoms with Crippen LogP contribution in [0.25, 0.3) is 0 Å². The average molecular weight is 238 g/mol. The molecule has 3 nitrogen and oxygen atoms in total. The lowest BCUT2D eigenvalue weighted by molar-refractivity contribution is 0.290. The lowest BCUT2D eigenvalue weighted by Gasteiger charge is -2.13. The highest BCUT2D eigenvalue weighted by atomic mass is 16.5. The number of nitriles is 1. The van der Waals surface area contributed by atoms with E-state index in [2.05, 4.69) is 6.07 Å². The molecule has 0 radical (unpaired) electrons. The fourth-order valence-corrected chi connectivity index (χ4v) is 1.61. The molecule has 0 heterocycles. The van der Waals surface area contributed by atoms with Crippen molar-refractivity contribution in [3.8, 4) is 11.8 Å². The van der Waals surface area contributed by atoms with Gasteiger partial charge in [-0.2, -0.15) is 5.26 Å². The van der Waals surface area contributed by atoms with E-state index >= 15 is 0 Å². The third-order valence-corrected chi connectivity index (χ3v) is 2.64. The monoisotopic (exact) mass is 238 g/mol. The van der Waals surface area contributed by atoms with Gasteiger partial charge in [0.2, 0.25) is 0 Å². The van der Waals surface area contributed by atoms with Crippen molar-refractivity contribution in [1.29, 1.82) is 5.26 Å². The van der Waals surface area contributed by atoms with Crippen LogP contribution in [0.15, 0.2) is 54.6 Å². The Bertz CT molecular complexity index is 529. The molecule has 0 aromatic heterocycles. The molecule has 3 heteroatoms. The van der Waals surface area contributed by atoms with Gasteiger partial charge in [-0.1, -0.05) is 30.3 Å². The number of hydrogen-bond acceptors (Lipinski definition) is 3. The molecule has 90 valence electrons. The van der Waals surface area contributed by atoms with Crippen molar-refractivity contribution < 1.29 is 4.74 Å². The quantitative estimate of drug-likeness (QED) is 0.890. The van der Waals surface area contributed by atoms with Crippen LogP contribution in [0.5, 0.6) is 5.75 Å². The van der Waals surface area contributed by atoms with E-state index in [1.807, 2.05) is 30.3 Å². The first-order valence-electron chi connectivity index (χ1n) is 5.73. The third-order valence-electron chi connectivity index (χ3n) is 2.64. The van der Waals surface area contributed by atoms with Crippen LogP contribution in [0.2, 0.25) is 0 Å². The highest BCUT2D eigenvalue weighted by molar-refractivity contribution is 5.34. The molecule has 0 saturated heterocycles. The van der Waals surface area contributed by atoms with Gasteiger partial charge in [0.1, 0.15) is 12.4 Å². The predicted octanol–water partition coefficient (Wildman–Crippen LogP) is 2.64. The van der Waals surface area contributed by atoms with Gasteiger partial charge in [-0.05, 0) is 29.8 Å². The standard InChI is InChI=1S/C15H14N2O/c16-10-12-6-8-14(9-7-12)18-11-15(17)13-4-2-1-3-5-13/h1-9,15H,11,17H2. The lowest BCUT2D eigenvalue weighted by Crippen LogP contribution is -2.18. The van der Waals surface area contributed by atoms with Crippen molar-refractivity contribution in [2.45, 2.75) is 6.04 Å². The van der Waals surface area contributed by atoms with Crippen LogP contribution >= 0.6 is 0 Å². The maximum absolute atomic E-state index is 8.68. The topological polar surface area (TPSA) is 59.0 Å². The lowest BCUT2D eigenvalue weighted by atomic mass is 10.1. The molecule has 0 bridgehead atoms. The third kappa shape index (κ3) is 3.09. The van der Waals surface area contributed by atoms with Crippen molar-refractivity contribution in [2.75, 3.05) is 6.61 Å². The van der Waals surface area contributed by atoms with E-state index in [0.717, 1.165) is 11.3 Å². The molecule has 18 heavy (non-hydrogen) atoms. The summed E-state index contributed by atoms with van der Waals surface area (Å²) in [5.74, 6) is 0.723. The Kier molecular flexibility index (Phi) is 3.95. The summed E-state index contributed by atoms with van der Waals surface area (Å²) in [5, 5.41) is 8.68. The van der Waals surface area contributed by atoms with Crippen molar-refractivity contribution in [3.05, 3.63) is 65.7 Å². The summed E-state index contributed by atoms with van der Waals surface area (Å²) in [7, 11) is 0. The summed E-state index contributed by atoms with van der Waals surface area (Å²) >= 11 is 0. The smallest absolute Gasteiger partial charge is 0.119 e. The van der Waals surface area contributed by atoms with Crippen molar-refractivity contribution in [3.63, 3.8) is 0 Å². The highest BCUT2D eigenvalue weighted by Crippen LogP contribution is 2.15. The Morgan fingerprint density at radius 1 is 1.06 bits per heavy atom. The van der Waals surface area contributed by atoms with Crippen LogP contribution in [0.1, 0.15) is 17.2 Å². The van der Waals surface area contributed by atoms with E-state index in [4.69, 9.17) is 15.7 Å². The van der Waals surface area contributed by atoms with Crippen molar-refractivity contribution in [2.24, 2.45) is 5.73 Å². The van der Waals surface area contributed by atoms with E-state index in [1.165, 1.54) is 0 Å². The predicted molar refractivity (Wildman–Crippen MR) is 70.0 cm³/mol. The normalized spacial score (nSPS) is 11.6. The van der Waals surface area contributed by atoms with Crippen LogP contribution in [-0.2, 0) is 0 Å². The molecule has 0 aliphatic heterocycles. The van der Waals surface area contributed by atoms with Gasteiger partial charge in [0, 0.05) is 0 Å². The van der Waals surface area contributed by atoms with E-state index < -0.39 is 0 Å². The number of nitrogens with zero attached hydrogens (tertiary/aromatic N) is 1. The minimum atomic E-state index is -0.151. The molecular weight excluding hydrogens is 224 g/mol. The average Bonchev–Trinajstić information content (AvgIpc) is 2.46. The molecule has 2 aromatic rings. The molecule has 1 unspecified atom stereocenters. The first-order chi connectivity index (χ1) is 8.79. The number of rotatable bonds is 4. The number of benzene rings is 2. The summed E-state index contributed by atoms with van der Waals surface area (Å²) in [5.41, 5.74) is 7.69. The van der Waals surface area contributed by atoms with E-state index in [9.17, 15) is 0 Å². The highest BCUT2D eigenvalue weighted by Gasteiger charge is 2.05. The molecule has 0 spiro atoms. The maximum Gasteiger partial charge on any atom is 0.119 e. The van der Waals surface area contributed by atoms with Gasteiger partial charge in [0.25, 0.3) is 0 Å². The zero-order valence-corrected chi connectivity index (χ0v) is 9.91. The Hall–Kier alpha value is -2.31. The zero-order chi connectivity index (χ0) is 12.8. The minimum absolute atomic E-state index is 0.151. The van der Waals surface area contributed by atoms with Gasteiger partial charge in [0.15, 0.2) is 0 Å². The largest absolute Gasteiger partial charge is 0.492 e. The Balaban J connectivity index is 1.93. The molecule has 1 atom stereocenters. The summed E-state index contributed by atoms with van der Waals surface area (Å²) in [4.78, 5) is 0. The van der Waals surface area contributed by atoms with Gasteiger partial charge >= 0.3 is 0 Å². The van der Waals surface area contributed by atoms with E-state index in [-0.39, 0.29) is 6.04 Å². The SMILES string of the molecule is N#Cc1ccc(OCC(N)c2ccccc2)cc1. The Morgan fingerprint density at radius 2 is 1.72 bits per heavy atom. The van der Waals surface area contributed by atoms with E-state index in [0.29, 0.717) is 12.2 Å². The summed E-state index contributed by atoms with van der Waals surface area (Å²) < 4.78 is 5.59. The molecule has 0 aliphatic carbocycles. The number of hydrogen-bond donors (Lipinski definition) is 1. The Labute approximate surface area is 106 Å². The fraction of sp³-hybridized carbons (Fsp3) is 0.133. The molecule has 2 N–H and O–H groups in total. The second-order valence-electron chi connectivity index (χ2n) is 3.96.